The minimum absolute atomic E-state index is 0.0107. The van der Waals surface area contributed by atoms with Crippen LogP contribution in [-0.2, 0) is 9.59 Å². The zero-order valence-corrected chi connectivity index (χ0v) is 7.04. The quantitative estimate of drug-likeness (QED) is 0.689. The van der Waals surface area contributed by atoms with E-state index in [1.165, 1.54) is 0 Å². The van der Waals surface area contributed by atoms with Gasteiger partial charge in [-0.05, 0) is 6.42 Å². The highest BCUT2D eigenvalue weighted by Crippen LogP contribution is 2.16. The molecule has 0 saturated carbocycles. The van der Waals surface area contributed by atoms with Crippen LogP contribution in [0.25, 0.3) is 0 Å². The Bertz CT molecular complexity index is 195. The first kappa shape index (κ1) is 11.0. The first-order chi connectivity index (χ1) is 5.43. The summed E-state index contributed by atoms with van der Waals surface area (Å²) in [6.07, 6.45) is -0.440. The van der Waals surface area contributed by atoms with Crippen molar-refractivity contribution in [3.63, 3.8) is 0 Å². The van der Waals surface area contributed by atoms with Crippen molar-refractivity contribution < 1.29 is 19.8 Å². The van der Waals surface area contributed by atoms with E-state index in [9.17, 15) is 9.59 Å². The predicted octanol–water partition coefficient (Wildman–Crippen LogP) is 1.30. The summed E-state index contributed by atoms with van der Waals surface area (Å²) >= 11 is 5.35. The normalized spacial score (nSPS) is 12.1. The van der Waals surface area contributed by atoms with Crippen LogP contribution in [-0.4, -0.2) is 22.2 Å². The van der Waals surface area contributed by atoms with E-state index in [-0.39, 0.29) is 11.5 Å². The highest BCUT2D eigenvalue weighted by Gasteiger charge is 2.21. The zero-order valence-electron chi connectivity index (χ0n) is 6.29. The first-order valence-electron chi connectivity index (χ1n) is 3.21. The lowest BCUT2D eigenvalue weighted by Gasteiger charge is -2.07. The van der Waals surface area contributed by atoms with E-state index < -0.39 is 24.3 Å². The third-order valence-corrected chi connectivity index (χ3v) is 1.39. The SMILES string of the molecule is C=C(Cl)C[C@H](CC(=O)O)C(=O)O. The van der Waals surface area contributed by atoms with Crippen molar-refractivity contribution in [1.82, 2.24) is 0 Å². The van der Waals surface area contributed by atoms with Crippen molar-refractivity contribution in [1.29, 1.82) is 0 Å². The fourth-order valence-corrected chi connectivity index (χ4v) is 0.911. The average Bonchev–Trinajstić information content (AvgIpc) is 1.83. The van der Waals surface area contributed by atoms with Gasteiger partial charge in [0.1, 0.15) is 0 Å². The second kappa shape index (κ2) is 4.77. The van der Waals surface area contributed by atoms with Crippen LogP contribution in [0.5, 0.6) is 0 Å². The molecule has 0 unspecified atom stereocenters. The van der Waals surface area contributed by atoms with Gasteiger partial charge in [-0.25, -0.2) is 0 Å². The summed E-state index contributed by atoms with van der Waals surface area (Å²) in [5.74, 6) is -3.30. The van der Waals surface area contributed by atoms with Gasteiger partial charge in [-0.15, -0.1) is 0 Å². The van der Waals surface area contributed by atoms with Gasteiger partial charge in [0, 0.05) is 5.03 Å². The first-order valence-corrected chi connectivity index (χ1v) is 3.59. The van der Waals surface area contributed by atoms with Gasteiger partial charge in [-0.3, -0.25) is 9.59 Å². The average molecular weight is 193 g/mol. The Morgan fingerprint density at radius 1 is 1.33 bits per heavy atom. The van der Waals surface area contributed by atoms with Crippen LogP contribution in [0.3, 0.4) is 0 Å². The molecule has 0 aromatic carbocycles. The van der Waals surface area contributed by atoms with Crippen molar-refractivity contribution in [2.75, 3.05) is 0 Å². The Morgan fingerprint density at radius 2 is 1.83 bits per heavy atom. The van der Waals surface area contributed by atoms with E-state index in [0.717, 1.165) is 0 Å². The second-order valence-electron chi connectivity index (χ2n) is 2.35. The molecule has 0 rings (SSSR count). The van der Waals surface area contributed by atoms with E-state index in [1.54, 1.807) is 0 Å². The van der Waals surface area contributed by atoms with Crippen LogP contribution in [0.4, 0.5) is 0 Å². The molecule has 0 amide bonds. The van der Waals surface area contributed by atoms with E-state index >= 15 is 0 Å². The molecule has 1 atom stereocenters. The van der Waals surface area contributed by atoms with Gasteiger partial charge in [0.05, 0.1) is 12.3 Å². The second-order valence-corrected chi connectivity index (χ2v) is 2.89. The molecule has 68 valence electrons. The summed E-state index contributed by atoms with van der Waals surface area (Å²) < 4.78 is 0. The summed E-state index contributed by atoms with van der Waals surface area (Å²) in [7, 11) is 0. The summed E-state index contributed by atoms with van der Waals surface area (Å²) in [6, 6.07) is 0. The molecule has 0 aliphatic rings. The van der Waals surface area contributed by atoms with Crippen molar-refractivity contribution in [3.8, 4) is 0 Å². The zero-order chi connectivity index (χ0) is 9.72. The van der Waals surface area contributed by atoms with Crippen molar-refractivity contribution in [3.05, 3.63) is 11.6 Å². The number of allylic oxidation sites excluding steroid dienone is 1. The number of aliphatic carboxylic acids is 2. The molecule has 0 aliphatic carbocycles. The number of carbonyl (C=O) groups is 2. The van der Waals surface area contributed by atoms with Gasteiger partial charge in [-0.1, -0.05) is 18.2 Å². The van der Waals surface area contributed by atoms with Crippen molar-refractivity contribution >= 4 is 23.5 Å². The maximum absolute atomic E-state index is 10.4. The molecule has 0 fully saturated rings. The van der Waals surface area contributed by atoms with Crippen LogP contribution in [0.2, 0.25) is 0 Å². The maximum Gasteiger partial charge on any atom is 0.307 e. The molecule has 0 radical (unpaired) electrons. The fourth-order valence-electron chi connectivity index (χ4n) is 0.725. The van der Waals surface area contributed by atoms with Gasteiger partial charge < -0.3 is 10.2 Å². The molecule has 0 heterocycles. The minimum atomic E-state index is -1.17. The third kappa shape index (κ3) is 4.73. The van der Waals surface area contributed by atoms with Crippen molar-refractivity contribution in [2.45, 2.75) is 12.8 Å². The summed E-state index contributed by atoms with van der Waals surface area (Å²) in [5.41, 5.74) is 0. The Labute approximate surface area is 74.5 Å². The number of carboxylic acids is 2. The predicted molar refractivity (Wildman–Crippen MR) is 43.0 cm³/mol. The lowest BCUT2D eigenvalue weighted by atomic mass is 10.0. The number of carboxylic acid groups (broad SMARTS) is 2. The summed E-state index contributed by atoms with van der Waals surface area (Å²) in [6.45, 7) is 3.29. The van der Waals surface area contributed by atoms with Crippen molar-refractivity contribution in [2.24, 2.45) is 5.92 Å². The van der Waals surface area contributed by atoms with Gasteiger partial charge in [0.2, 0.25) is 0 Å². The van der Waals surface area contributed by atoms with E-state index in [4.69, 9.17) is 21.8 Å². The minimum Gasteiger partial charge on any atom is -0.481 e. The summed E-state index contributed by atoms with van der Waals surface area (Å²) in [4.78, 5) is 20.6. The van der Waals surface area contributed by atoms with Gasteiger partial charge >= 0.3 is 11.9 Å². The smallest absolute Gasteiger partial charge is 0.307 e. The van der Waals surface area contributed by atoms with Crippen LogP contribution in [0.15, 0.2) is 11.6 Å². The molecule has 12 heavy (non-hydrogen) atoms. The Hall–Kier alpha value is -1.03. The van der Waals surface area contributed by atoms with Crippen LogP contribution in [0, 0.1) is 5.92 Å². The number of rotatable bonds is 5. The Morgan fingerprint density at radius 3 is 2.08 bits per heavy atom. The standard InChI is InChI=1S/C7H9ClO4/c1-4(8)2-5(7(11)12)3-6(9)10/h5H,1-3H2,(H,9,10)(H,11,12)/t5-/m1/s1. The van der Waals surface area contributed by atoms with Gasteiger partial charge in [0.25, 0.3) is 0 Å². The molecule has 0 bridgehead atoms. The highest BCUT2D eigenvalue weighted by atomic mass is 35.5. The Kier molecular flexibility index (Phi) is 4.36. The van der Waals surface area contributed by atoms with E-state index in [1.807, 2.05) is 0 Å². The number of hydrogen-bond donors (Lipinski definition) is 2. The summed E-state index contributed by atoms with van der Waals surface area (Å²) in [5, 5.41) is 17.0. The van der Waals surface area contributed by atoms with E-state index in [2.05, 4.69) is 6.58 Å². The lowest BCUT2D eigenvalue weighted by molar-refractivity contribution is -0.148. The lowest BCUT2D eigenvalue weighted by Crippen LogP contribution is -2.17. The fraction of sp³-hybridized carbons (Fsp3) is 0.429. The molecule has 2 N–H and O–H groups in total. The maximum atomic E-state index is 10.4. The van der Waals surface area contributed by atoms with Gasteiger partial charge in [-0.2, -0.15) is 0 Å². The molecule has 5 heteroatoms. The van der Waals surface area contributed by atoms with Crippen LogP contribution >= 0.6 is 11.6 Å². The molecule has 4 nitrogen and oxygen atoms in total. The molecule has 0 aromatic rings. The topological polar surface area (TPSA) is 74.6 Å². The highest BCUT2D eigenvalue weighted by molar-refractivity contribution is 6.29. The molecule has 0 aromatic heterocycles. The molecule has 0 saturated heterocycles. The Balaban J connectivity index is 4.14. The van der Waals surface area contributed by atoms with Crippen LogP contribution < -0.4 is 0 Å². The third-order valence-electron chi connectivity index (χ3n) is 1.24. The molecular weight excluding hydrogens is 184 g/mol. The monoisotopic (exact) mass is 192 g/mol. The number of hydrogen-bond acceptors (Lipinski definition) is 2. The van der Waals surface area contributed by atoms with E-state index in [0.29, 0.717) is 0 Å². The molecule has 0 aliphatic heterocycles. The largest absolute Gasteiger partial charge is 0.481 e. The molecular formula is C7H9ClO4. The molecule has 0 spiro atoms. The van der Waals surface area contributed by atoms with Crippen LogP contribution in [0.1, 0.15) is 12.8 Å². The number of halogens is 1. The van der Waals surface area contributed by atoms with Gasteiger partial charge in [0.15, 0.2) is 0 Å².